The SMILES string of the molecule is COc1ccc2c3c1O[C@H]1C(OC(=O)C[C@H](OC(=O)[C@H](O)[C@@H](O)C(=O)O)C(=O)O[C@@H](C)C(=O)O[C@@H](C)C(=O)O)=CC[C@@]4(O)[C@@H](C2)C(C)CC[C@]314. The molecule has 17 nitrogen and oxygen atoms in total. The van der Waals surface area contributed by atoms with Gasteiger partial charge in [0.1, 0.15) is 5.76 Å². The zero-order chi connectivity index (χ0) is 36.9. The normalized spacial score (nSPS) is 28.5. The van der Waals surface area contributed by atoms with E-state index in [9.17, 15) is 44.1 Å². The molecule has 1 saturated carbocycles. The van der Waals surface area contributed by atoms with Crippen molar-refractivity contribution in [3.8, 4) is 11.5 Å². The van der Waals surface area contributed by atoms with E-state index in [1.807, 2.05) is 6.07 Å². The highest BCUT2D eigenvalue weighted by molar-refractivity contribution is 5.89. The van der Waals surface area contributed by atoms with E-state index >= 15 is 0 Å². The van der Waals surface area contributed by atoms with E-state index < -0.39 is 89.9 Å². The van der Waals surface area contributed by atoms with E-state index in [4.69, 9.17) is 33.9 Å². The van der Waals surface area contributed by atoms with Gasteiger partial charge in [-0.1, -0.05) is 13.0 Å². The van der Waals surface area contributed by atoms with Crippen molar-refractivity contribution in [1.29, 1.82) is 0 Å². The van der Waals surface area contributed by atoms with Gasteiger partial charge < -0.3 is 54.0 Å². The maximum Gasteiger partial charge on any atom is 0.348 e. The van der Waals surface area contributed by atoms with Gasteiger partial charge in [0.2, 0.25) is 6.10 Å². The van der Waals surface area contributed by atoms with Crippen molar-refractivity contribution in [2.24, 2.45) is 11.8 Å². The number of aliphatic carboxylic acids is 2. The van der Waals surface area contributed by atoms with Gasteiger partial charge in [0, 0.05) is 5.56 Å². The van der Waals surface area contributed by atoms with Crippen LogP contribution < -0.4 is 9.47 Å². The highest BCUT2D eigenvalue weighted by atomic mass is 16.6. The Hall–Kier alpha value is -4.74. The van der Waals surface area contributed by atoms with Crippen LogP contribution in [-0.2, 0) is 59.6 Å². The van der Waals surface area contributed by atoms with Crippen molar-refractivity contribution in [2.75, 3.05) is 7.11 Å². The smallest absolute Gasteiger partial charge is 0.348 e. The molecule has 5 N–H and O–H groups in total. The molecule has 1 fully saturated rings. The number of hydrogen-bond donors (Lipinski definition) is 5. The minimum atomic E-state index is -2.70. The molecule has 17 heteroatoms. The molecule has 1 aromatic carbocycles. The fourth-order valence-corrected chi connectivity index (χ4v) is 7.55. The summed E-state index contributed by atoms with van der Waals surface area (Å²) in [4.78, 5) is 73.5. The fourth-order valence-electron chi connectivity index (χ4n) is 7.55. The van der Waals surface area contributed by atoms with E-state index in [-0.39, 0.29) is 24.0 Å². The number of ether oxygens (including phenoxy) is 6. The van der Waals surface area contributed by atoms with Crippen molar-refractivity contribution < 1.29 is 82.7 Å². The topological polar surface area (TPSA) is 259 Å². The molecule has 0 saturated heterocycles. The second-order valence-corrected chi connectivity index (χ2v) is 13.0. The highest BCUT2D eigenvalue weighted by Crippen LogP contribution is 2.68. The number of carboxylic acid groups (broad SMARTS) is 2. The highest BCUT2D eigenvalue weighted by Gasteiger charge is 2.72. The van der Waals surface area contributed by atoms with E-state index in [1.54, 1.807) is 6.07 Å². The van der Waals surface area contributed by atoms with Crippen LogP contribution in [0.4, 0.5) is 0 Å². The van der Waals surface area contributed by atoms with Crippen LogP contribution in [0, 0.1) is 11.8 Å². The van der Waals surface area contributed by atoms with E-state index in [0.29, 0.717) is 24.3 Å². The van der Waals surface area contributed by atoms with Gasteiger partial charge in [-0.15, -0.1) is 0 Å². The minimum Gasteiger partial charge on any atom is -0.493 e. The number of carbonyl (C=O) groups is 6. The lowest BCUT2D eigenvalue weighted by molar-refractivity contribution is -0.188. The molecular weight excluding hydrogens is 668 g/mol. The Morgan fingerprint density at radius 1 is 0.940 bits per heavy atom. The van der Waals surface area contributed by atoms with E-state index in [2.05, 4.69) is 11.7 Å². The fraction of sp³-hybridized carbons (Fsp3) is 0.576. The Morgan fingerprint density at radius 2 is 1.62 bits per heavy atom. The molecule has 50 heavy (non-hydrogen) atoms. The molecule has 0 aromatic heterocycles. The van der Waals surface area contributed by atoms with Crippen LogP contribution >= 0.6 is 0 Å². The summed E-state index contributed by atoms with van der Waals surface area (Å²) in [5, 5.41) is 49.9. The molecule has 3 aliphatic carbocycles. The average Bonchev–Trinajstić information content (AvgIpc) is 3.42. The van der Waals surface area contributed by atoms with Crippen molar-refractivity contribution in [2.45, 2.75) is 101 Å². The number of carboxylic acids is 2. The molecule has 272 valence electrons. The predicted molar refractivity (Wildman–Crippen MR) is 161 cm³/mol. The Bertz CT molecular complexity index is 1630. The number of aliphatic hydroxyl groups excluding tert-OH is 2. The summed E-state index contributed by atoms with van der Waals surface area (Å²) in [6, 6.07) is 3.70. The summed E-state index contributed by atoms with van der Waals surface area (Å²) in [5.74, 6) is -8.52. The van der Waals surface area contributed by atoms with Crippen LogP contribution in [0.2, 0.25) is 0 Å². The van der Waals surface area contributed by atoms with Gasteiger partial charge in [-0.05, 0) is 69.1 Å². The minimum absolute atomic E-state index is 0.00142. The Morgan fingerprint density at radius 3 is 2.26 bits per heavy atom. The standard InChI is InChI=1S/C33H38O17/c1-13-7-9-32-22-16-5-6-18(45-4)25(22)50-26(32)19(8-10-33(32,44)17(13)11-16)48-21(34)12-20(49-31(43)24(36)23(35)28(39)40)30(42)47-15(3)29(41)46-14(2)27(37)38/h5-6,8,13-15,17,20,23-24,26,35-36,44H,7,9-12H2,1-4H3,(H,37,38)(H,39,40)/t13?,14-,15-,17-,20-,23+,24+,26-,32-,33+/m0/s1. The molecule has 0 radical (unpaired) electrons. The van der Waals surface area contributed by atoms with Crippen molar-refractivity contribution in [3.63, 3.8) is 0 Å². The summed E-state index contributed by atoms with van der Waals surface area (Å²) in [5.41, 5.74) is -0.536. The van der Waals surface area contributed by atoms with Crippen molar-refractivity contribution in [1.82, 2.24) is 0 Å². The van der Waals surface area contributed by atoms with E-state index in [1.165, 1.54) is 13.2 Å². The number of methoxy groups -OCH3 is 1. The zero-order valence-electron chi connectivity index (χ0n) is 27.5. The van der Waals surface area contributed by atoms with Gasteiger partial charge in [0.25, 0.3) is 0 Å². The van der Waals surface area contributed by atoms with Crippen molar-refractivity contribution in [3.05, 3.63) is 35.1 Å². The average molecular weight is 707 g/mol. The number of aliphatic hydroxyl groups is 3. The predicted octanol–water partition coefficient (Wildman–Crippen LogP) is -0.0856. The third kappa shape index (κ3) is 6.02. The maximum absolute atomic E-state index is 13.4. The van der Waals surface area contributed by atoms with Gasteiger partial charge >= 0.3 is 35.8 Å². The molecule has 5 rings (SSSR count). The molecule has 10 atom stereocenters. The third-order valence-electron chi connectivity index (χ3n) is 10.1. The number of esters is 4. The van der Waals surface area contributed by atoms with Crippen LogP contribution in [0.15, 0.2) is 24.0 Å². The summed E-state index contributed by atoms with van der Waals surface area (Å²) < 4.78 is 32.2. The Kier molecular flexibility index (Phi) is 9.88. The first-order chi connectivity index (χ1) is 23.5. The summed E-state index contributed by atoms with van der Waals surface area (Å²) in [7, 11) is 1.47. The molecule has 1 aliphatic heterocycles. The van der Waals surface area contributed by atoms with Gasteiger partial charge in [0.15, 0.2) is 42.0 Å². The maximum atomic E-state index is 13.4. The second kappa shape index (κ2) is 13.5. The first-order valence-electron chi connectivity index (χ1n) is 15.9. The van der Waals surface area contributed by atoms with Crippen LogP contribution in [0.25, 0.3) is 0 Å². The Labute approximate surface area is 284 Å². The van der Waals surface area contributed by atoms with Crippen LogP contribution in [0.1, 0.15) is 57.6 Å². The van der Waals surface area contributed by atoms with Crippen molar-refractivity contribution >= 4 is 35.8 Å². The van der Waals surface area contributed by atoms with Crippen LogP contribution in [0.3, 0.4) is 0 Å². The van der Waals surface area contributed by atoms with Gasteiger partial charge in [-0.25, -0.2) is 24.0 Å². The van der Waals surface area contributed by atoms with Gasteiger partial charge in [-0.3, -0.25) is 4.79 Å². The first-order valence-corrected chi connectivity index (χ1v) is 15.9. The van der Waals surface area contributed by atoms with Crippen LogP contribution in [-0.4, -0.2) is 111 Å². The molecule has 1 heterocycles. The lowest BCUT2D eigenvalue weighted by Gasteiger charge is -2.61. The number of rotatable bonds is 13. The lowest BCUT2D eigenvalue weighted by atomic mass is 9.45. The first kappa shape index (κ1) is 36.5. The largest absolute Gasteiger partial charge is 0.493 e. The zero-order valence-corrected chi connectivity index (χ0v) is 27.5. The van der Waals surface area contributed by atoms with Crippen LogP contribution in [0.5, 0.6) is 11.5 Å². The Balaban J connectivity index is 1.39. The summed E-state index contributed by atoms with van der Waals surface area (Å²) >= 11 is 0. The number of carbonyl (C=O) groups excluding carboxylic acids is 4. The molecule has 1 unspecified atom stereocenters. The quantitative estimate of drug-likeness (QED) is 0.133. The second-order valence-electron chi connectivity index (χ2n) is 13.0. The lowest BCUT2D eigenvalue weighted by Crippen LogP contribution is -2.69. The van der Waals surface area contributed by atoms with Gasteiger partial charge in [0.05, 0.1) is 24.5 Å². The molecule has 2 bridgehead atoms. The monoisotopic (exact) mass is 706 g/mol. The number of benzene rings is 1. The number of hydrogen-bond acceptors (Lipinski definition) is 15. The molecule has 1 spiro atoms. The summed E-state index contributed by atoms with van der Waals surface area (Å²) in [6.07, 6.45) is -9.69. The molecular formula is C33H38O17. The molecule has 4 aliphatic rings. The van der Waals surface area contributed by atoms with Gasteiger partial charge in [-0.2, -0.15) is 0 Å². The van der Waals surface area contributed by atoms with E-state index in [0.717, 1.165) is 31.4 Å². The molecule has 0 amide bonds. The molecule has 1 aromatic rings. The third-order valence-corrected chi connectivity index (χ3v) is 10.1. The summed E-state index contributed by atoms with van der Waals surface area (Å²) in [6.45, 7) is 4.12.